The molecular weight excluding hydrogens is 463 g/mol. The minimum absolute atomic E-state index is 0.0507. The average Bonchev–Trinajstić information content (AvgIpc) is 3.34. The molecule has 1 aliphatic carbocycles. The smallest absolute Gasteiger partial charge is 0.354 e. The molecule has 33 heavy (non-hydrogen) atoms. The molecule has 10 heteroatoms. The van der Waals surface area contributed by atoms with Crippen LogP contribution in [0.3, 0.4) is 0 Å². The summed E-state index contributed by atoms with van der Waals surface area (Å²) >= 11 is 0.762. The molecule has 0 unspecified atom stereocenters. The fraction of sp³-hybridized carbons (Fsp3) is 0.304. The minimum Gasteiger partial charge on any atom is -0.386 e. The van der Waals surface area contributed by atoms with Crippen LogP contribution in [0.15, 0.2) is 44.3 Å². The molecule has 0 spiro atoms. The van der Waals surface area contributed by atoms with Gasteiger partial charge in [0.1, 0.15) is 0 Å². The van der Waals surface area contributed by atoms with Crippen molar-refractivity contribution in [1.29, 1.82) is 0 Å². The van der Waals surface area contributed by atoms with Crippen LogP contribution >= 0.6 is 11.3 Å². The molecule has 1 atom stereocenters. The molecule has 3 aromatic rings. The van der Waals surface area contributed by atoms with Crippen molar-refractivity contribution >= 4 is 33.0 Å². The Morgan fingerprint density at radius 2 is 2.00 bits per heavy atom. The third-order valence-electron chi connectivity index (χ3n) is 5.54. The summed E-state index contributed by atoms with van der Waals surface area (Å²) in [5, 5.41) is 20.0. The zero-order valence-electron chi connectivity index (χ0n) is 18.5. The number of amides is 2. The van der Waals surface area contributed by atoms with Gasteiger partial charge in [0.15, 0.2) is 19.9 Å². The molecule has 0 saturated carbocycles. The van der Waals surface area contributed by atoms with E-state index in [2.05, 4.69) is 9.68 Å². The van der Waals surface area contributed by atoms with E-state index in [4.69, 9.17) is 10.1 Å². The number of fused-ring (bicyclic) bond motifs is 1. The maximum Gasteiger partial charge on any atom is 0.354 e. The number of nitrogens with one attached hydrogen (secondary N) is 1. The van der Waals surface area contributed by atoms with Gasteiger partial charge >= 0.3 is 6.03 Å². The monoisotopic (exact) mass is 488 g/mol. The molecule has 1 aliphatic rings. The quantitative estimate of drug-likeness (QED) is 0.484. The summed E-state index contributed by atoms with van der Waals surface area (Å²) in [6.45, 7) is 4.68. The first-order chi connectivity index (χ1) is 15.5. The Balaban J connectivity index is 1.76. The molecular formula is C23H25FN4O3S2. The molecule has 0 radical (unpaired) electrons. The number of aliphatic hydroxyl groups is 1. The number of aromatic nitrogens is 1. The van der Waals surface area contributed by atoms with Crippen LogP contribution in [-0.2, 0) is 28.4 Å². The number of carbonyl (C=O) groups excluding carboxylic acids is 1. The van der Waals surface area contributed by atoms with Crippen LogP contribution in [-0.4, -0.2) is 20.3 Å². The summed E-state index contributed by atoms with van der Waals surface area (Å²) in [6, 6.07) is 8.59. The number of thiophene rings is 1. The molecule has 0 aliphatic heterocycles. The van der Waals surface area contributed by atoms with Gasteiger partial charge in [-0.3, -0.25) is 4.98 Å². The van der Waals surface area contributed by atoms with Crippen molar-refractivity contribution in [1.82, 2.24) is 4.98 Å². The maximum absolute atomic E-state index is 14.8. The van der Waals surface area contributed by atoms with Gasteiger partial charge < -0.3 is 10.4 Å². The number of hydrogen-bond donors (Lipinski definition) is 3. The van der Waals surface area contributed by atoms with Crippen LogP contribution in [0.5, 0.6) is 0 Å². The first kappa shape index (κ1) is 23.5. The molecule has 4 N–H and O–H groups in total. The Bertz CT molecular complexity index is 1350. The standard InChI is InChI=1S/C23H25FN4O3S2/c1-13-18(14-8-5-4-6-9-14)20(15-10-7-11-17(15)26-13)27-22(29)28-33(25,31)21-19(24)16(12-32-21)23(2,3)30/h4-6,8-9,12,30H,7,10-11H2,1-3H3,(H3,25,26,27,28,29,31)/t33-/m1/s1. The number of urea groups is 1. The number of halogens is 1. The van der Waals surface area contributed by atoms with E-state index in [1.54, 1.807) is 0 Å². The Labute approximate surface area is 196 Å². The maximum atomic E-state index is 14.8. The van der Waals surface area contributed by atoms with Crippen LogP contribution in [0, 0.1) is 12.7 Å². The van der Waals surface area contributed by atoms with E-state index >= 15 is 0 Å². The molecule has 0 bridgehead atoms. The lowest BCUT2D eigenvalue weighted by molar-refractivity contribution is 0.0748. The predicted molar refractivity (Wildman–Crippen MR) is 128 cm³/mol. The van der Waals surface area contributed by atoms with Gasteiger partial charge in [0, 0.05) is 27.9 Å². The number of benzene rings is 1. The number of pyridine rings is 1. The largest absolute Gasteiger partial charge is 0.386 e. The van der Waals surface area contributed by atoms with E-state index in [0.717, 1.165) is 58.7 Å². The summed E-state index contributed by atoms with van der Waals surface area (Å²) < 4.78 is 31.1. The lowest BCUT2D eigenvalue weighted by atomic mass is 9.98. The van der Waals surface area contributed by atoms with Crippen LogP contribution in [0.4, 0.5) is 14.9 Å². The van der Waals surface area contributed by atoms with E-state index in [1.807, 2.05) is 37.3 Å². The van der Waals surface area contributed by atoms with Crippen molar-refractivity contribution in [2.45, 2.75) is 49.8 Å². The number of anilines is 1. The Morgan fingerprint density at radius 3 is 2.64 bits per heavy atom. The van der Waals surface area contributed by atoms with Gasteiger partial charge in [-0.05, 0) is 51.2 Å². The fourth-order valence-corrected chi connectivity index (χ4v) is 6.42. The van der Waals surface area contributed by atoms with E-state index < -0.39 is 27.4 Å². The zero-order chi connectivity index (χ0) is 24.0. The SMILES string of the molecule is Cc1nc2c(c(NC(=O)N=[S@@](N)(=O)c3scc(C(C)(C)O)c3F)c1-c1ccccc1)CCC2. The Kier molecular flexibility index (Phi) is 6.12. The highest BCUT2D eigenvalue weighted by molar-refractivity contribution is 7.93. The number of aryl methyl sites for hydroxylation is 2. The van der Waals surface area contributed by atoms with Crippen LogP contribution in [0.25, 0.3) is 11.1 Å². The summed E-state index contributed by atoms with van der Waals surface area (Å²) in [6.07, 6.45) is 2.46. The molecule has 7 nitrogen and oxygen atoms in total. The van der Waals surface area contributed by atoms with Crippen LogP contribution in [0.1, 0.15) is 42.8 Å². The molecule has 0 saturated heterocycles. The van der Waals surface area contributed by atoms with Crippen molar-refractivity contribution < 1.29 is 18.5 Å². The summed E-state index contributed by atoms with van der Waals surface area (Å²) in [5.74, 6) is -0.915. The second-order valence-corrected chi connectivity index (χ2v) is 11.4. The molecule has 2 aromatic heterocycles. The van der Waals surface area contributed by atoms with Gasteiger partial charge in [-0.1, -0.05) is 30.3 Å². The third-order valence-corrected chi connectivity index (χ3v) is 8.44. The topological polar surface area (TPSA) is 118 Å². The third kappa shape index (κ3) is 4.56. The average molecular weight is 489 g/mol. The van der Waals surface area contributed by atoms with Gasteiger partial charge in [0.2, 0.25) is 0 Å². The number of carbonyl (C=O) groups is 1. The van der Waals surface area contributed by atoms with Gasteiger partial charge in [0.25, 0.3) is 0 Å². The Morgan fingerprint density at radius 1 is 1.30 bits per heavy atom. The highest BCUT2D eigenvalue weighted by Crippen LogP contribution is 2.39. The van der Waals surface area contributed by atoms with E-state index in [-0.39, 0.29) is 9.77 Å². The van der Waals surface area contributed by atoms with Crippen molar-refractivity contribution in [3.05, 3.63) is 64.0 Å². The number of nitrogens with zero attached hydrogens (tertiary/aromatic N) is 2. The van der Waals surface area contributed by atoms with Crippen molar-refractivity contribution in [3.8, 4) is 11.1 Å². The lowest BCUT2D eigenvalue weighted by Crippen LogP contribution is -2.20. The van der Waals surface area contributed by atoms with Gasteiger partial charge in [-0.2, -0.15) is 0 Å². The Hall–Kier alpha value is -2.66. The number of nitrogens with two attached hydrogens (primary N) is 1. The second kappa shape index (κ2) is 8.60. The van der Waals surface area contributed by atoms with Gasteiger partial charge in [-0.15, -0.1) is 15.7 Å². The molecule has 2 heterocycles. The van der Waals surface area contributed by atoms with Crippen molar-refractivity contribution in [2.75, 3.05) is 5.32 Å². The van der Waals surface area contributed by atoms with Crippen molar-refractivity contribution in [2.24, 2.45) is 9.50 Å². The van der Waals surface area contributed by atoms with Gasteiger partial charge in [0.05, 0.1) is 11.3 Å². The normalized spacial score (nSPS) is 15.1. The molecule has 174 valence electrons. The first-order valence-electron chi connectivity index (χ1n) is 10.4. The number of rotatable bonds is 4. The summed E-state index contributed by atoms with van der Waals surface area (Å²) in [4.78, 5) is 17.6. The highest BCUT2D eigenvalue weighted by atomic mass is 32.2. The summed E-state index contributed by atoms with van der Waals surface area (Å²) in [5.41, 5.74) is 3.24. The minimum atomic E-state index is -3.87. The number of hydrogen-bond acceptors (Lipinski definition) is 5. The fourth-order valence-electron chi connectivity index (χ4n) is 4.04. The molecule has 2 amide bonds. The zero-order valence-corrected chi connectivity index (χ0v) is 20.1. The first-order valence-corrected chi connectivity index (χ1v) is 12.9. The van der Waals surface area contributed by atoms with Gasteiger partial charge in [-0.25, -0.2) is 18.5 Å². The lowest BCUT2D eigenvalue weighted by Gasteiger charge is -2.17. The molecule has 4 rings (SSSR count). The van der Waals surface area contributed by atoms with E-state index in [1.165, 1.54) is 19.2 Å². The van der Waals surface area contributed by atoms with E-state index in [0.29, 0.717) is 5.69 Å². The predicted octanol–water partition coefficient (Wildman–Crippen LogP) is 4.91. The highest BCUT2D eigenvalue weighted by Gasteiger charge is 2.29. The molecule has 0 fully saturated rings. The van der Waals surface area contributed by atoms with Crippen LogP contribution < -0.4 is 10.5 Å². The molecule has 1 aromatic carbocycles. The summed E-state index contributed by atoms with van der Waals surface area (Å²) in [7, 11) is -3.87. The second-order valence-electron chi connectivity index (χ2n) is 8.49. The van der Waals surface area contributed by atoms with E-state index in [9.17, 15) is 18.5 Å². The van der Waals surface area contributed by atoms with Crippen LogP contribution in [0.2, 0.25) is 0 Å². The van der Waals surface area contributed by atoms with Crippen molar-refractivity contribution in [3.63, 3.8) is 0 Å².